The van der Waals surface area contributed by atoms with Crippen LogP contribution in [0.15, 0.2) is 58.3 Å². The summed E-state index contributed by atoms with van der Waals surface area (Å²) in [5, 5.41) is 10.2. The number of aromatic nitrogens is 2. The van der Waals surface area contributed by atoms with Crippen LogP contribution in [0.3, 0.4) is 0 Å². The van der Waals surface area contributed by atoms with E-state index in [4.69, 9.17) is 4.74 Å². The van der Waals surface area contributed by atoms with E-state index in [9.17, 15) is 19.5 Å². The molecule has 27 heavy (non-hydrogen) atoms. The molecule has 2 aromatic heterocycles. The quantitative estimate of drug-likeness (QED) is 0.504. The molecule has 8 heteroatoms. The first-order valence-electron chi connectivity index (χ1n) is 8.12. The molecular formula is C19H15N3O5. The van der Waals surface area contributed by atoms with Gasteiger partial charge in [-0.3, -0.25) is 15.0 Å². The van der Waals surface area contributed by atoms with Gasteiger partial charge in [-0.15, -0.1) is 0 Å². The number of aromatic carboxylic acids is 1. The maximum absolute atomic E-state index is 11.5. The van der Waals surface area contributed by atoms with Gasteiger partial charge in [-0.25, -0.2) is 4.79 Å². The molecule has 2 aromatic carbocycles. The van der Waals surface area contributed by atoms with Gasteiger partial charge in [0.25, 0.3) is 0 Å². The zero-order valence-electron chi connectivity index (χ0n) is 14.3. The Hall–Kier alpha value is -3.81. The first-order chi connectivity index (χ1) is 13.0. The van der Waals surface area contributed by atoms with E-state index in [2.05, 4.69) is 5.43 Å². The molecule has 0 fully saturated rings. The standard InChI is InChI=1S/C19H15N3O5/c1-27-13-4-2-3-11(7-13)10-21-6-5-12-8-14(19(25)26)15(9-16(12)21)20-22-17(23)18(22)24/h2-9,20H,10H2,1H3,(H,25,26). The summed E-state index contributed by atoms with van der Waals surface area (Å²) in [5.41, 5.74) is 3.13. The molecule has 2 N–H and O–H groups in total. The number of fused-ring (bicyclic) bond motifs is 1. The van der Waals surface area contributed by atoms with Gasteiger partial charge in [0.15, 0.2) is 0 Å². The SMILES string of the molecule is COc1cccc(Cn2ccc3cc(C(=O)O)c(Nn4c(=O)c4=O)cc32)c1. The van der Waals surface area contributed by atoms with Gasteiger partial charge in [0, 0.05) is 18.1 Å². The maximum atomic E-state index is 11.5. The summed E-state index contributed by atoms with van der Waals surface area (Å²) in [6, 6.07) is 12.6. The van der Waals surface area contributed by atoms with Crippen LogP contribution in [0.1, 0.15) is 15.9 Å². The molecule has 2 heterocycles. The number of carbonyl (C=O) groups is 1. The van der Waals surface area contributed by atoms with Crippen LogP contribution in [0.4, 0.5) is 5.69 Å². The molecule has 4 aromatic rings. The van der Waals surface area contributed by atoms with E-state index in [-0.39, 0.29) is 11.3 Å². The first-order valence-corrected chi connectivity index (χ1v) is 8.12. The molecule has 136 valence electrons. The lowest BCUT2D eigenvalue weighted by atomic mass is 10.1. The molecule has 0 aliphatic rings. The second-order valence-electron chi connectivity index (χ2n) is 6.11. The van der Waals surface area contributed by atoms with Gasteiger partial charge >= 0.3 is 17.1 Å². The number of nitrogens with one attached hydrogen (secondary N) is 1. The van der Waals surface area contributed by atoms with Crippen molar-refractivity contribution in [3.8, 4) is 5.75 Å². The smallest absolute Gasteiger partial charge is 0.340 e. The van der Waals surface area contributed by atoms with Crippen molar-refractivity contribution in [2.75, 3.05) is 12.5 Å². The number of anilines is 1. The zero-order chi connectivity index (χ0) is 19.1. The van der Waals surface area contributed by atoms with Crippen LogP contribution in [-0.4, -0.2) is 27.4 Å². The molecular weight excluding hydrogens is 350 g/mol. The Kier molecular flexibility index (Phi) is 3.80. The molecule has 0 atom stereocenters. The molecule has 0 unspecified atom stereocenters. The van der Waals surface area contributed by atoms with Crippen LogP contribution in [0.25, 0.3) is 10.9 Å². The summed E-state index contributed by atoms with van der Waals surface area (Å²) in [4.78, 5) is 34.0. The van der Waals surface area contributed by atoms with Gasteiger partial charge in [0.1, 0.15) is 5.75 Å². The fraction of sp³-hybridized carbons (Fsp3) is 0.105. The van der Waals surface area contributed by atoms with Crippen molar-refractivity contribution in [1.82, 2.24) is 9.24 Å². The fourth-order valence-corrected chi connectivity index (χ4v) is 2.97. The second-order valence-corrected chi connectivity index (χ2v) is 6.11. The van der Waals surface area contributed by atoms with Crippen molar-refractivity contribution in [2.24, 2.45) is 0 Å². The van der Waals surface area contributed by atoms with E-state index < -0.39 is 17.1 Å². The highest BCUT2D eigenvalue weighted by molar-refractivity contribution is 6.00. The lowest BCUT2D eigenvalue weighted by Crippen LogP contribution is -2.12. The number of hydrogen-bond acceptors (Lipinski definition) is 5. The third-order valence-electron chi connectivity index (χ3n) is 4.40. The highest BCUT2D eigenvalue weighted by Gasteiger charge is 2.20. The number of benzene rings is 2. The van der Waals surface area contributed by atoms with Gasteiger partial charge < -0.3 is 14.4 Å². The Morgan fingerprint density at radius 3 is 2.59 bits per heavy atom. The molecule has 0 aliphatic heterocycles. The summed E-state index contributed by atoms with van der Waals surface area (Å²) in [6.07, 6.45) is 1.85. The number of carboxylic acids is 1. The van der Waals surface area contributed by atoms with Crippen molar-refractivity contribution in [3.05, 3.63) is 80.5 Å². The minimum atomic E-state index is -1.15. The van der Waals surface area contributed by atoms with Gasteiger partial charge in [-0.1, -0.05) is 12.1 Å². The fourth-order valence-electron chi connectivity index (χ4n) is 2.97. The Morgan fingerprint density at radius 2 is 1.93 bits per heavy atom. The minimum absolute atomic E-state index is 0.0193. The van der Waals surface area contributed by atoms with Crippen molar-refractivity contribution >= 4 is 22.6 Å². The van der Waals surface area contributed by atoms with Crippen molar-refractivity contribution in [3.63, 3.8) is 0 Å². The number of methoxy groups -OCH3 is 1. The molecule has 0 saturated carbocycles. The molecule has 0 radical (unpaired) electrons. The zero-order valence-corrected chi connectivity index (χ0v) is 14.3. The number of nitrogens with zero attached hydrogens (tertiary/aromatic N) is 2. The largest absolute Gasteiger partial charge is 0.497 e. The monoisotopic (exact) mass is 365 g/mol. The van der Waals surface area contributed by atoms with E-state index in [0.29, 0.717) is 6.54 Å². The van der Waals surface area contributed by atoms with Crippen LogP contribution in [0.2, 0.25) is 0 Å². The third-order valence-corrected chi connectivity index (χ3v) is 4.40. The normalized spacial score (nSPS) is 11.1. The van der Waals surface area contributed by atoms with E-state index >= 15 is 0 Å². The van der Waals surface area contributed by atoms with Crippen molar-refractivity contribution < 1.29 is 14.6 Å². The Labute approximate surface area is 152 Å². The van der Waals surface area contributed by atoms with E-state index in [1.807, 2.05) is 41.1 Å². The number of hydrogen-bond donors (Lipinski definition) is 2. The topological polar surface area (TPSA) is 103 Å². The Morgan fingerprint density at radius 1 is 1.15 bits per heavy atom. The number of carboxylic acid groups (broad SMARTS) is 1. The van der Waals surface area contributed by atoms with E-state index in [0.717, 1.165) is 26.9 Å². The molecule has 0 spiro atoms. The highest BCUT2D eigenvalue weighted by Crippen LogP contribution is 2.26. The average Bonchev–Trinajstić information content (AvgIpc) is 3.04. The lowest BCUT2D eigenvalue weighted by molar-refractivity contribution is 0.0698. The molecule has 0 aliphatic carbocycles. The van der Waals surface area contributed by atoms with Crippen molar-refractivity contribution in [1.29, 1.82) is 0 Å². The number of rotatable bonds is 6. The summed E-state index contributed by atoms with van der Waals surface area (Å²) in [5.74, 6) is -0.403. The van der Waals surface area contributed by atoms with Crippen LogP contribution < -0.4 is 21.3 Å². The summed E-state index contributed by atoms with van der Waals surface area (Å²) < 4.78 is 7.97. The maximum Gasteiger partial charge on any atom is 0.340 e. The summed E-state index contributed by atoms with van der Waals surface area (Å²) in [6.45, 7) is 0.550. The Balaban J connectivity index is 1.76. The highest BCUT2D eigenvalue weighted by atomic mass is 16.5. The van der Waals surface area contributed by atoms with Gasteiger partial charge in [-0.2, -0.15) is 4.68 Å². The lowest BCUT2D eigenvalue weighted by Gasteiger charge is -2.11. The molecule has 0 bridgehead atoms. The van der Waals surface area contributed by atoms with Crippen LogP contribution in [0.5, 0.6) is 5.75 Å². The molecule has 8 nitrogen and oxygen atoms in total. The first kappa shape index (κ1) is 16.6. The van der Waals surface area contributed by atoms with Crippen LogP contribution in [0, 0.1) is 0 Å². The summed E-state index contributed by atoms with van der Waals surface area (Å²) >= 11 is 0. The molecule has 0 saturated heterocycles. The Bertz CT molecular complexity index is 1220. The minimum Gasteiger partial charge on any atom is -0.497 e. The van der Waals surface area contributed by atoms with Gasteiger partial charge in [-0.05, 0) is 35.9 Å². The third kappa shape index (κ3) is 2.97. The van der Waals surface area contributed by atoms with Crippen LogP contribution >= 0.6 is 0 Å². The van der Waals surface area contributed by atoms with E-state index in [1.165, 1.54) is 6.07 Å². The molecule has 4 rings (SSSR count). The second kappa shape index (κ2) is 6.17. The van der Waals surface area contributed by atoms with Crippen LogP contribution in [-0.2, 0) is 6.54 Å². The average molecular weight is 365 g/mol. The predicted octanol–water partition coefficient (Wildman–Crippen LogP) is 1.67. The molecule has 0 amide bonds. The van der Waals surface area contributed by atoms with Gasteiger partial charge in [0.2, 0.25) is 0 Å². The van der Waals surface area contributed by atoms with Crippen molar-refractivity contribution in [2.45, 2.75) is 6.54 Å². The van der Waals surface area contributed by atoms with Gasteiger partial charge in [0.05, 0.1) is 23.9 Å². The van der Waals surface area contributed by atoms with E-state index in [1.54, 1.807) is 13.2 Å². The number of ether oxygens (including phenoxy) is 1. The predicted molar refractivity (Wildman–Crippen MR) is 99.4 cm³/mol. The summed E-state index contributed by atoms with van der Waals surface area (Å²) in [7, 11) is 1.60.